The van der Waals surface area contributed by atoms with Crippen molar-refractivity contribution in [2.75, 3.05) is 18.4 Å². The Bertz CT molecular complexity index is 847. The van der Waals surface area contributed by atoms with Crippen LogP contribution in [-0.4, -0.2) is 58.1 Å². The van der Waals surface area contributed by atoms with Gasteiger partial charge in [0.2, 0.25) is 10.0 Å². The van der Waals surface area contributed by atoms with Crippen LogP contribution in [0.15, 0.2) is 18.5 Å². The first kappa shape index (κ1) is 16.7. The number of urea groups is 1. The van der Waals surface area contributed by atoms with Crippen molar-refractivity contribution in [1.82, 2.24) is 24.6 Å². The molecular weight excluding hydrogens is 332 g/mol. The average Bonchev–Trinajstić information content (AvgIpc) is 3.15. The van der Waals surface area contributed by atoms with Crippen molar-refractivity contribution in [2.24, 2.45) is 0 Å². The van der Waals surface area contributed by atoms with Crippen molar-refractivity contribution >= 4 is 33.0 Å². The molecule has 24 heavy (non-hydrogen) atoms. The molecule has 1 aliphatic heterocycles. The fourth-order valence-corrected chi connectivity index (χ4v) is 3.95. The third kappa shape index (κ3) is 3.34. The van der Waals surface area contributed by atoms with E-state index >= 15 is 0 Å². The molecular formula is C14H20N6O3S. The van der Waals surface area contributed by atoms with Crippen LogP contribution in [0.3, 0.4) is 0 Å². The molecule has 3 N–H and O–H groups in total. The number of sulfonamides is 1. The van der Waals surface area contributed by atoms with Gasteiger partial charge in [-0.1, -0.05) is 0 Å². The molecule has 0 radical (unpaired) electrons. The lowest BCUT2D eigenvalue weighted by atomic mass is 10.3. The maximum atomic E-state index is 12.1. The second-order valence-electron chi connectivity index (χ2n) is 6.00. The van der Waals surface area contributed by atoms with E-state index in [1.807, 2.05) is 0 Å². The summed E-state index contributed by atoms with van der Waals surface area (Å²) in [5.74, 6) is 0.337. The molecule has 1 fully saturated rings. The number of H-pyrrole nitrogens is 1. The summed E-state index contributed by atoms with van der Waals surface area (Å²) in [4.78, 5) is 23.4. The smallest absolute Gasteiger partial charge is 0.320 e. The van der Waals surface area contributed by atoms with Crippen LogP contribution < -0.4 is 10.6 Å². The standard InChI is InChI=1S/C14H20N6O3S/c1-9(2)24(22,23)20-6-4-10(8-20)17-14(21)19-12-7-16-13-11(18-12)3-5-15-13/h3,5,7,9-10H,4,6,8H2,1-2H3,(H,15,16)(H2,17,18,19,21)/t10-/m1/s1. The molecule has 2 aromatic rings. The largest absolute Gasteiger partial charge is 0.345 e. The first-order valence-electron chi connectivity index (χ1n) is 7.73. The first-order valence-corrected chi connectivity index (χ1v) is 9.23. The lowest BCUT2D eigenvalue weighted by Gasteiger charge is -2.19. The molecule has 10 heteroatoms. The van der Waals surface area contributed by atoms with Crippen molar-refractivity contribution in [3.05, 3.63) is 18.5 Å². The van der Waals surface area contributed by atoms with Crippen LogP contribution in [0.1, 0.15) is 20.3 Å². The molecule has 0 bridgehead atoms. The number of aromatic nitrogens is 3. The molecule has 130 valence electrons. The Balaban J connectivity index is 1.57. The predicted octanol–water partition coefficient (Wildman–Crippen LogP) is 0.892. The highest BCUT2D eigenvalue weighted by molar-refractivity contribution is 7.89. The molecule has 3 rings (SSSR count). The topological polar surface area (TPSA) is 120 Å². The van der Waals surface area contributed by atoms with Gasteiger partial charge in [0.15, 0.2) is 11.5 Å². The van der Waals surface area contributed by atoms with E-state index in [0.29, 0.717) is 29.9 Å². The van der Waals surface area contributed by atoms with Gasteiger partial charge < -0.3 is 10.3 Å². The number of amides is 2. The highest BCUT2D eigenvalue weighted by atomic mass is 32.2. The number of hydrogen-bond donors (Lipinski definition) is 3. The van der Waals surface area contributed by atoms with Crippen molar-refractivity contribution in [1.29, 1.82) is 0 Å². The van der Waals surface area contributed by atoms with Crippen LogP contribution in [0.4, 0.5) is 10.6 Å². The fourth-order valence-electron chi connectivity index (χ4n) is 2.60. The van der Waals surface area contributed by atoms with E-state index in [-0.39, 0.29) is 12.6 Å². The molecule has 2 aromatic heterocycles. The van der Waals surface area contributed by atoms with E-state index in [4.69, 9.17) is 0 Å². The lowest BCUT2D eigenvalue weighted by Crippen LogP contribution is -2.41. The van der Waals surface area contributed by atoms with Gasteiger partial charge in [-0.05, 0) is 26.3 Å². The number of rotatable bonds is 4. The molecule has 0 aromatic carbocycles. The number of hydrogen-bond acceptors (Lipinski definition) is 5. The second kappa shape index (κ2) is 6.36. The number of anilines is 1. The van der Waals surface area contributed by atoms with Gasteiger partial charge >= 0.3 is 6.03 Å². The van der Waals surface area contributed by atoms with Crippen molar-refractivity contribution in [2.45, 2.75) is 31.6 Å². The van der Waals surface area contributed by atoms with Gasteiger partial charge in [-0.2, -0.15) is 4.31 Å². The van der Waals surface area contributed by atoms with E-state index in [1.54, 1.807) is 26.1 Å². The van der Waals surface area contributed by atoms with Gasteiger partial charge in [-0.15, -0.1) is 0 Å². The number of fused-ring (bicyclic) bond motifs is 1. The molecule has 1 saturated heterocycles. The summed E-state index contributed by atoms with van der Waals surface area (Å²) in [6.07, 6.45) is 3.77. The highest BCUT2D eigenvalue weighted by Gasteiger charge is 2.33. The Morgan fingerprint density at radius 1 is 1.46 bits per heavy atom. The van der Waals surface area contributed by atoms with Crippen molar-refractivity contribution < 1.29 is 13.2 Å². The SMILES string of the molecule is CC(C)S(=O)(=O)N1CC[C@@H](NC(=O)Nc2cnc3[nH]ccc3n2)C1. The van der Waals surface area contributed by atoms with E-state index in [2.05, 4.69) is 25.6 Å². The zero-order valence-electron chi connectivity index (χ0n) is 13.5. The van der Waals surface area contributed by atoms with Crippen LogP contribution in [0.5, 0.6) is 0 Å². The minimum absolute atomic E-state index is 0.220. The Hall–Kier alpha value is -2.20. The van der Waals surface area contributed by atoms with Crippen LogP contribution in [0.25, 0.3) is 11.2 Å². The molecule has 0 aliphatic carbocycles. The van der Waals surface area contributed by atoms with Gasteiger partial charge in [-0.3, -0.25) is 5.32 Å². The fraction of sp³-hybridized carbons (Fsp3) is 0.500. The molecule has 0 unspecified atom stereocenters. The van der Waals surface area contributed by atoms with Gasteiger partial charge in [0.1, 0.15) is 5.52 Å². The highest BCUT2D eigenvalue weighted by Crippen LogP contribution is 2.17. The number of aromatic amines is 1. The minimum atomic E-state index is -3.29. The summed E-state index contributed by atoms with van der Waals surface area (Å²) in [5, 5.41) is 4.94. The van der Waals surface area contributed by atoms with Crippen molar-refractivity contribution in [3.63, 3.8) is 0 Å². The zero-order valence-corrected chi connectivity index (χ0v) is 14.3. The molecule has 0 saturated carbocycles. The molecule has 3 heterocycles. The van der Waals surface area contributed by atoms with E-state index in [0.717, 1.165) is 0 Å². The summed E-state index contributed by atoms with van der Waals surface area (Å²) in [6.45, 7) is 4.01. The Morgan fingerprint density at radius 3 is 3.00 bits per heavy atom. The summed E-state index contributed by atoms with van der Waals surface area (Å²) in [5.41, 5.74) is 1.30. The monoisotopic (exact) mass is 352 g/mol. The second-order valence-corrected chi connectivity index (χ2v) is 8.49. The molecule has 0 spiro atoms. The molecule has 2 amide bonds. The lowest BCUT2D eigenvalue weighted by molar-refractivity contribution is 0.248. The predicted molar refractivity (Wildman–Crippen MR) is 90.1 cm³/mol. The number of carbonyl (C=O) groups is 1. The number of nitrogens with one attached hydrogen (secondary N) is 3. The van der Waals surface area contributed by atoms with Gasteiger partial charge in [0, 0.05) is 25.3 Å². The summed E-state index contributed by atoms with van der Waals surface area (Å²) in [6, 6.07) is 1.12. The van der Waals surface area contributed by atoms with E-state index < -0.39 is 21.3 Å². The third-order valence-electron chi connectivity index (χ3n) is 3.94. The number of nitrogens with zero attached hydrogens (tertiary/aromatic N) is 3. The molecule has 9 nitrogen and oxygen atoms in total. The molecule has 1 atom stereocenters. The van der Waals surface area contributed by atoms with Gasteiger partial charge in [0.25, 0.3) is 0 Å². The maximum absolute atomic E-state index is 12.1. The average molecular weight is 352 g/mol. The zero-order chi connectivity index (χ0) is 17.3. The minimum Gasteiger partial charge on any atom is -0.345 e. The summed E-state index contributed by atoms with van der Waals surface area (Å²) in [7, 11) is -3.29. The van der Waals surface area contributed by atoms with Crippen LogP contribution in [0.2, 0.25) is 0 Å². The van der Waals surface area contributed by atoms with E-state index in [1.165, 1.54) is 10.5 Å². The first-order chi connectivity index (χ1) is 11.4. The Labute approximate surface area is 139 Å². The number of carbonyl (C=O) groups excluding carboxylic acids is 1. The summed E-state index contributed by atoms with van der Waals surface area (Å²) < 4.78 is 25.7. The normalized spacial score (nSPS) is 19.0. The van der Waals surface area contributed by atoms with Crippen molar-refractivity contribution in [3.8, 4) is 0 Å². The Morgan fingerprint density at radius 2 is 2.25 bits per heavy atom. The Kier molecular flexibility index (Phi) is 4.41. The quantitative estimate of drug-likeness (QED) is 0.755. The van der Waals surface area contributed by atoms with Gasteiger partial charge in [0.05, 0.1) is 11.4 Å². The third-order valence-corrected chi connectivity index (χ3v) is 6.19. The molecule has 1 aliphatic rings. The van der Waals surface area contributed by atoms with Crippen LogP contribution in [0, 0.1) is 0 Å². The van der Waals surface area contributed by atoms with Crippen LogP contribution >= 0.6 is 0 Å². The maximum Gasteiger partial charge on any atom is 0.320 e. The van der Waals surface area contributed by atoms with E-state index in [9.17, 15) is 13.2 Å². The van der Waals surface area contributed by atoms with Crippen LogP contribution in [-0.2, 0) is 10.0 Å². The van der Waals surface area contributed by atoms with Gasteiger partial charge in [-0.25, -0.2) is 23.2 Å². The summed E-state index contributed by atoms with van der Waals surface area (Å²) >= 11 is 0.